The fourth-order valence-corrected chi connectivity index (χ4v) is 3.30. The van der Waals surface area contributed by atoms with Gasteiger partial charge in [0.05, 0.1) is 0 Å². The number of hydrogen-bond acceptors (Lipinski definition) is 2. The summed E-state index contributed by atoms with van der Waals surface area (Å²) in [6, 6.07) is 9.25. The zero-order valence-electron chi connectivity index (χ0n) is 13.7. The lowest BCUT2D eigenvalue weighted by atomic mass is 10.1. The average Bonchev–Trinajstić information content (AvgIpc) is 3.23. The first-order chi connectivity index (χ1) is 10.2. The lowest BCUT2D eigenvalue weighted by Crippen LogP contribution is -2.47. The summed E-state index contributed by atoms with van der Waals surface area (Å²) in [6.45, 7) is 2.00. The zero-order valence-corrected chi connectivity index (χ0v) is 16.1. The summed E-state index contributed by atoms with van der Waals surface area (Å²) in [4.78, 5) is 9.15. The number of para-hydroxylation sites is 1. The van der Waals surface area contributed by atoms with Gasteiger partial charge in [0.15, 0.2) is 5.96 Å². The van der Waals surface area contributed by atoms with Crippen molar-refractivity contribution in [2.75, 3.05) is 39.1 Å². The normalized spacial score (nSPS) is 18.9. The highest BCUT2D eigenvalue weighted by molar-refractivity contribution is 14.0. The lowest BCUT2D eigenvalue weighted by Gasteiger charge is -2.28. The molecule has 1 N–H and O–H groups in total. The molecule has 22 heavy (non-hydrogen) atoms. The third kappa shape index (κ3) is 3.74. The van der Waals surface area contributed by atoms with Crippen molar-refractivity contribution < 1.29 is 0 Å². The van der Waals surface area contributed by atoms with Crippen molar-refractivity contribution >= 4 is 35.6 Å². The molecule has 1 heterocycles. The third-order valence-corrected chi connectivity index (χ3v) is 4.65. The Morgan fingerprint density at radius 3 is 2.73 bits per heavy atom. The molecule has 0 radical (unpaired) electrons. The minimum Gasteiger partial charge on any atom is -0.354 e. The van der Waals surface area contributed by atoms with E-state index in [4.69, 9.17) is 0 Å². The molecular formula is C17H27IN4. The number of benzene rings is 1. The van der Waals surface area contributed by atoms with E-state index in [1.807, 2.05) is 7.05 Å². The Hall–Kier alpha value is -0.820. The largest absolute Gasteiger partial charge is 0.354 e. The fourth-order valence-electron chi connectivity index (χ4n) is 3.30. The van der Waals surface area contributed by atoms with Gasteiger partial charge >= 0.3 is 0 Å². The molecule has 4 nitrogen and oxygen atoms in total. The maximum Gasteiger partial charge on any atom is 0.198 e. The zero-order chi connectivity index (χ0) is 14.8. The highest BCUT2D eigenvalue weighted by Gasteiger charge is 2.33. The molecule has 122 valence electrons. The molecule has 1 fully saturated rings. The molecule has 0 saturated heterocycles. The molecule has 0 amide bonds. The van der Waals surface area contributed by atoms with E-state index in [9.17, 15) is 0 Å². The average molecular weight is 414 g/mol. The Labute approximate surface area is 151 Å². The first-order valence-corrected chi connectivity index (χ1v) is 7.93. The van der Waals surface area contributed by atoms with E-state index in [1.54, 1.807) is 0 Å². The van der Waals surface area contributed by atoms with Crippen LogP contribution in [0, 0.1) is 5.92 Å². The second-order valence-corrected chi connectivity index (χ2v) is 6.33. The topological polar surface area (TPSA) is 30.9 Å². The molecule has 1 saturated carbocycles. The van der Waals surface area contributed by atoms with E-state index in [0.29, 0.717) is 6.04 Å². The first kappa shape index (κ1) is 17.5. The monoisotopic (exact) mass is 414 g/mol. The van der Waals surface area contributed by atoms with Gasteiger partial charge in [-0.2, -0.15) is 0 Å². The van der Waals surface area contributed by atoms with E-state index in [1.165, 1.54) is 24.1 Å². The number of aliphatic imine (C=N–C) groups is 1. The standard InChI is InChI=1S/C17H26N4.HI/c1-18-17(19-12-16(20(2)3)14-8-9-14)21-11-10-13-6-4-5-7-15(13)21;/h4-7,14,16H,8-12H2,1-3H3,(H,18,19);1H. The summed E-state index contributed by atoms with van der Waals surface area (Å²) in [5, 5.41) is 3.59. The van der Waals surface area contributed by atoms with Crippen molar-refractivity contribution in [2.45, 2.75) is 25.3 Å². The SMILES string of the molecule is CN=C(NCC(C1CC1)N(C)C)N1CCc2ccccc21.I. The van der Waals surface area contributed by atoms with Crippen LogP contribution in [0.1, 0.15) is 18.4 Å². The predicted octanol–water partition coefficient (Wildman–Crippen LogP) is 2.58. The molecule has 1 atom stereocenters. The van der Waals surface area contributed by atoms with E-state index < -0.39 is 0 Å². The van der Waals surface area contributed by atoms with Gasteiger partial charge in [-0.05, 0) is 50.9 Å². The van der Waals surface area contributed by atoms with Gasteiger partial charge in [0.2, 0.25) is 0 Å². The fraction of sp³-hybridized carbons (Fsp3) is 0.588. The van der Waals surface area contributed by atoms with Crippen LogP contribution in [0.15, 0.2) is 29.3 Å². The number of nitrogens with one attached hydrogen (secondary N) is 1. The van der Waals surface area contributed by atoms with Gasteiger partial charge < -0.3 is 15.1 Å². The number of hydrogen-bond donors (Lipinski definition) is 1. The van der Waals surface area contributed by atoms with Crippen LogP contribution in [0.3, 0.4) is 0 Å². The molecule has 1 aromatic carbocycles. The minimum atomic E-state index is 0. The van der Waals surface area contributed by atoms with Gasteiger partial charge in [-0.1, -0.05) is 18.2 Å². The van der Waals surface area contributed by atoms with Gasteiger partial charge in [-0.3, -0.25) is 4.99 Å². The number of likely N-dealkylation sites (N-methyl/N-ethyl adjacent to an activating group) is 1. The smallest absolute Gasteiger partial charge is 0.198 e. The molecular weight excluding hydrogens is 387 g/mol. The lowest BCUT2D eigenvalue weighted by molar-refractivity contribution is 0.264. The van der Waals surface area contributed by atoms with Gasteiger partial charge in [0.25, 0.3) is 0 Å². The van der Waals surface area contributed by atoms with Crippen LogP contribution in [0.25, 0.3) is 0 Å². The van der Waals surface area contributed by atoms with E-state index in [-0.39, 0.29) is 24.0 Å². The molecule has 2 aliphatic rings. The van der Waals surface area contributed by atoms with Crippen LogP contribution in [0.2, 0.25) is 0 Å². The van der Waals surface area contributed by atoms with E-state index >= 15 is 0 Å². The molecule has 0 bridgehead atoms. The molecule has 0 aromatic heterocycles. The van der Waals surface area contributed by atoms with Crippen LogP contribution in [-0.2, 0) is 6.42 Å². The third-order valence-electron chi connectivity index (χ3n) is 4.65. The number of anilines is 1. The summed E-state index contributed by atoms with van der Waals surface area (Å²) in [7, 11) is 6.24. The van der Waals surface area contributed by atoms with Crippen LogP contribution < -0.4 is 10.2 Å². The summed E-state index contributed by atoms with van der Waals surface area (Å²) >= 11 is 0. The maximum atomic E-state index is 4.49. The summed E-state index contributed by atoms with van der Waals surface area (Å²) in [5.74, 6) is 1.86. The van der Waals surface area contributed by atoms with Crippen LogP contribution >= 0.6 is 24.0 Å². The Morgan fingerprint density at radius 2 is 2.09 bits per heavy atom. The predicted molar refractivity (Wildman–Crippen MR) is 104 cm³/mol. The Kier molecular flexibility index (Phi) is 6.09. The molecule has 0 spiro atoms. The first-order valence-electron chi connectivity index (χ1n) is 7.93. The molecule has 1 aromatic rings. The van der Waals surface area contributed by atoms with Crippen LogP contribution in [0.4, 0.5) is 5.69 Å². The van der Waals surface area contributed by atoms with Gasteiger partial charge in [0, 0.05) is 31.9 Å². The van der Waals surface area contributed by atoms with Crippen molar-refractivity contribution in [3.63, 3.8) is 0 Å². The minimum absolute atomic E-state index is 0. The number of rotatable bonds is 4. The number of halogens is 1. The number of guanidine groups is 1. The molecule has 1 unspecified atom stereocenters. The van der Waals surface area contributed by atoms with Crippen LogP contribution in [-0.4, -0.2) is 51.1 Å². The van der Waals surface area contributed by atoms with Crippen LogP contribution in [0.5, 0.6) is 0 Å². The molecule has 1 aliphatic heterocycles. The quantitative estimate of drug-likeness (QED) is 0.467. The molecule has 1 aliphatic carbocycles. The summed E-state index contributed by atoms with van der Waals surface area (Å²) in [6.07, 6.45) is 3.85. The van der Waals surface area contributed by atoms with Gasteiger partial charge in [-0.25, -0.2) is 0 Å². The second-order valence-electron chi connectivity index (χ2n) is 6.33. The van der Waals surface area contributed by atoms with Crippen molar-refractivity contribution in [2.24, 2.45) is 10.9 Å². The van der Waals surface area contributed by atoms with E-state index in [2.05, 4.69) is 58.5 Å². The summed E-state index contributed by atoms with van der Waals surface area (Å²) in [5.41, 5.74) is 2.73. The molecule has 5 heteroatoms. The van der Waals surface area contributed by atoms with E-state index in [0.717, 1.165) is 31.4 Å². The van der Waals surface area contributed by atoms with Crippen molar-refractivity contribution in [1.29, 1.82) is 0 Å². The number of fused-ring (bicyclic) bond motifs is 1. The van der Waals surface area contributed by atoms with Crippen molar-refractivity contribution in [3.05, 3.63) is 29.8 Å². The summed E-state index contributed by atoms with van der Waals surface area (Å²) < 4.78 is 0. The number of nitrogens with zero attached hydrogens (tertiary/aromatic N) is 3. The Balaban J connectivity index is 0.00000176. The Morgan fingerprint density at radius 1 is 1.36 bits per heavy atom. The van der Waals surface area contributed by atoms with Crippen molar-refractivity contribution in [3.8, 4) is 0 Å². The highest BCUT2D eigenvalue weighted by atomic mass is 127. The Bertz CT molecular complexity index is 523. The second kappa shape index (κ2) is 7.64. The maximum absolute atomic E-state index is 4.49. The van der Waals surface area contributed by atoms with Gasteiger partial charge in [0.1, 0.15) is 0 Å². The van der Waals surface area contributed by atoms with Crippen molar-refractivity contribution in [1.82, 2.24) is 10.2 Å². The highest BCUT2D eigenvalue weighted by Crippen LogP contribution is 2.34. The van der Waals surface area contributed by atoms with Gasteiger partial charge in [-0.15, -0.1) is 24.0 Å². The molecule has 3 rings (SSSR count).